The number of phenols is 1. The second kappa shape index (κ2) is 8.87. The molecule has 6 rings (SSSR count). The first-order valence-corrected chi connectivity index (χ1v) is 12.9. The zero-order chi connectivity index (χ0) is 26.7. The molecule has 2 bridgehead atoms. The predicted molar refractivity (Wildman–Crippen MR) is 131 cm³/mol. The number of hydrogen-bond donors (Lipinski definition) is 3. The molecule has 2 aromatic rings. The standard InChI is InChI=1S/C29H28O9/c30-19-9-8-17-15-18-7-4-13-28-23(17)25(19)38-26(28)20(12-14-29(18,28)35)36-27(34)24(16-5-2-1-3-6-16)37-22(33)11-10-21(31)32/h1-3,5-6,8-9,12,18,24,26,30,35H,4,7,10-11,13-15H2,(H,31,32)/t18-,24+,26+,28+,29-/m1/s1. The van der Waals surface area contributed by atoms with Crippen LogP contribution in [-0.2, 0) is 35.7 Å². The highest BCUT2D eigenvalue weighted by molar-refractivity contribution is 5.83. The minimum Gasteiger partial charge on any atom is -0.504 e. The lowest BCUT2D eigenvalue weighted by Crippen LogP contribution is -2.67. The second-order valence-electron chi connectivity index (χ2n) is 10.5. The molecule has 5 atom stereocenters. The second-order valence-corrected chi connectivity index (χ2v) is 10.5. The molecule has 0 radical (unpaired) electrons. The van der Waals surface area contributed by atoms with Gasteiger partial charge in [-0.2, -0.15) is 0 Å². The Morgan fingerprint density at radius 3 is 2.66 bits per heavy atom. The number of phenolic OH excluding ortho intramolecular Hbond substituents is 1. The number of hydrogen-bond acceptors (Lipinski definition) is 8. The molecule has 9 heteroatoms. The van der Waals surface area contributed by atoms with Crippen molar-refractivity contribution in [2.75, 3.05) is 0 Å². The largest absolute Gasteiger partial charge is 0.504 e. The summed E-state index contributed by atoms with van der Waals surface area (Å²) in [5.41, 5.74) is 0.208. The summed E-state index contributed by atoms with van der Waals surface area (Å²) in [5.74, 6) is -2.37. The Hall–Kier alpha value is -3.85. The molecular weight excluding hydrogens is 492 g/mol. The van der Waals surface area contributed by atoms with Crippen molar-refractivity contribution in [3.63, 3.8) is 0 Å². The van der Waals surface area contributed by atoms with Crippen LogP contribution < -0.4 is 4.74 Å². The summed E-state index contributed by atoms with van der Waals surface area (Å²) in [6.07, 6.45) is 1.85. The van der Waals surface area contributed by atoms with Gasteiger partial charge in [-0.05, 0) is 49.3 Å². The molecule has 3 aliphatic carbocycles. The minimum atomic E-state index is -1.42. The highest BCUT2D eigenvalue weighted by Gasteiger charge is 2.71. The topological polar surface area (TPSA) is 140 Å². The first-order valence-electron chi connectivity index (χ1n) is 12.9. The van der Waals surface area contributed by atoms with Crippen LogP contribution in [0.25, 0.3) is 0 Å². The quantitative estimate of drug-likeness (QED) is 0.468. The van der Waals surface area contributed by atoms with Gasteiger partial charge in [0, 0.05) is 11.1 Å². The van der Waals surface area contributed by atoms with Crippen molar-refractivity contribution < 1.29 is 43.9 Å². The minimum absolute atomic E-state index is 0.00565. The SMILES string of the molecule is O=C(O)CCC(=O)O[C@H](C(=O)OC1=CC[C@@]2(O)[C@@H]3CCC[C@@]24c2c(ccc(O)c2O[C@@H]14)C3)c1ccccc1. The smallest absolute Gasteiger partial charge is 0.357 e. The number of ether oxygens (including phenoxy) is 3. The molecule has 9 nitrogen and oxygen atoms in total. The first-order chi connectivity index (χ1) is 18.2. The highest BCUT2D eigenvalue weighted by Crippen LogP contribution is 2.67. The lowest BCUT2D eigenvalue weighted by atomic mass is 9.47. The molecule has 198 valence electrons. The normalized spacial score (nSPS) is 28.8. The third kappa shape index (κ3) is 3.52. The zero-order valence-electron chi connectivity index (χ0n) is 20.6. The van der Waals surface area contributed by atoms with Gasteiger partial charge >= 0.3 is 17.9 Å². The first kappa shape index (κ1) is 24.5. The van der Waals surface area contributed by atoms with Crippen LogP contribution in [0.15, 0.2) is 54.3 Å². The molecule has 1 fully saturated rings. The van der Waals surface area contributed by atoms with Crippen molar-refractivity contribution in [1.29, 1.82) is 0 Å². The molecule has 0 saturated heterocycles. The van der Waals surface area contributed by atoms with Crippen molar-refractivity contribution in [3.05, 3.63) is 71.0 Å². The van der Waals surface area contributed by atoms with Gasteiger partial charge < -0.3 is 29.5 Å². The van der Waals surface area contributed by atoms with Crippen LogP contribution in [0.4, 0.5) is 0 Å². The van der Waals surface area contributed by atoms with Crippen molar-refractivity contribution in [2.24, 2.45) is 5.92 Å². The van der Waals surface area contributed by atoms with Gasteiger partial charge in [-0.1, -0.05) is 42.8 Å². The summed E-state index contributed by atoms with van der Waals surface area (Å²) >= 11 is 0. The Balaban J connectivity index is 1.33. The summed E-state index contributed by atoms with van der Waals surface area (Å²) in [6, 6.07) is 11.8. The predicted octanol–water partition coefficient (Wildman–Crippen LogP) is 3.46. The van der Waals surface area contributed by atoms with Crippen LogP contribution in [0.1, 0.15) is 61.3 Å². The summed E-state index contributed by atoms with van der Waals surface area (Å²) in [4.78, 5) is 36.8. The highest BCUT2D eigenvalue weighted by atomic mass is 16.6. The lowest BCUT2D eigenvalue weighted by molar-refractivity contribution is -0.173. The maximum atomic E-state index is 13.5. The van der Waals surface area contributed by atoms with Crippen molar-refractivity contribution in [2.45, 2.75) is 68.2 Å². The van der Waals surface area contributed by atoms with Gasteiger partial charge in [0.25, 0.3) is 0 Å². The number of carbonyl (C=O) groups excluding carboxylic acids is 2. The van der Waals surface area contributed by atoms with Gasteiger partial charge in [0.1, 0.15) is 5.76 Å². The van der Waals surface area contributed by atoms with E-state index in [-0.39, 0.29) is 23.8 Å². The number of carbonyl (C=O) groups is 3. The number of benzene rings is 2. The van der Waals surface area contributed by atoms with Crippen molar-refractivity contribution >= 4 is 17.9 Å². The van der Waals surface area contributed by atoms with E-state index in [1.54, 1.807) is 42.5 Å². The average molecular weight is 521 g/mol. The van der Waals surface area contributed by atoms with E-state index in [0.29, 0.717) is 24.2 Å². The Labute approximate surface area is 218 Å². The van der Waals surface area contributed by atoms with E-state index in [0.717, 1.165) is 24.0 Å². The lowest BCUT2D eigenvalue weighted by Gasteiger charge is -2.59. The number of rotatable bonds is 7. The fourth-order valence-corrected chi connectivity index (χ4v) is 6.98. The van der Waals surface area contributed by atoms with E-state index in [9.17, 15) is 24.6 Å². The van der Waals surface area contributed by atoms with Crippen LogP contribution in [0.3, 0.4) is 0 Å². The monoisotopic (exact) mass is 520 g/mol. The number of aromatic hydroxyl groups is 1. The van der Waals surface area contributed by atoms with E-state index in [1.807, 2.05) is 6.07 Å². The molecule has 2 aromatic carbocycles. The van der Waals surface area contributed by atoms with E-state index in [4.69, 9.17) is 19.3 Å². The van der Waals surface area contributed by atoms with Gasteiger partial charge in [0.15, 0.2) is 17.6 Å². The maximum absolute atomic E-state index is 13.5. The molecular formula is C29H28O9. The Morgan fingerprint density at radius 1 is 1.11 bits per heavy atom. The van der Waals surface area contributed by atoms with Gasteiger partial charge in [0.2, 0.25) is 6.10 Å². The number of carboxylic acids is 1. The Morgan fingerprint density at radius 2 is 1.89 bits per heavy atom. The Bertz CT molecular complexity index is 1350. The van der Waals surface area contributed by atoms with Crippen molar-refractivity contribution in [1.82, 2.24) is 0 Å². The molecule has 1 saturated carbocycles. The summed E-state index contributed by atoms with van der Waals surface area (Å²) in [7, 11) is 0. The van der Waals surface area contributed by atoms with Crippen LogP contribution in [-0.4, -0.2) is 44.9 Å². The van der Waals surface area contributed by atoms with Crippen LogP contribution in [0.2, 0.25) is 0 Å². The molecule has 38 heavy (non-hydrogen) atoms. The fourth-order valence-electron chi connectivity index (χ4n) is 6.98. The average Bonchev–Trinajstić information content (AvgIpc) is 3.25. The fraction of sp³-hybridized carbons (Fsp3) is 0.414. The molecule has 1 spiro atoms. The summed E-state index contributed by atoms with van der Waals surface area (Å²) < 4.78 is 17.6. The number of aliphatic carboxylic acids is 1. The number of aliphatic hydroxyl groups is 1. The third-order valence-electron chi connectivity index (χ3n) is 8.59. The third-order valence-corrected chi connectivity index (χ3v) is 8.59. The molecule has 1 aliphatic heterocycles. The van der Waals surface area contributed by atoms with Gasteiger partial charge in [-0.3, -0.25) is 9.59 Å². The van der Waals surface area contributed by atoms with E-state index in [2.05, 4.69) is 0 Å². The molecule has 4 aliphatic rings. The van der Waals surface area contributed by atoms with Crippen LogP contribution in [0.5, 0.6) is 11.5 Å². The van der Waals surface area contributed by atoms with Gasteiger partial charge in [0.05, 0.1) is 23.9 Å². The summed E-state index contributed by atoms with van der Waals surface area (Å²) in [6.45, 7) is 0. The van der Waals surface area contributed by atoms with E-state index in [1.165, 1.54) is 0 Å². The van der Waals surface area contributed by atoms with Crippen LogP contribution in [0, 0.1) is 5.92 Å². The summed E-state index contributed by atoms with van der Waals surface area (Å²) in [5, 5.41) is 31.7. The maximum Gasteiger partial charge on any atom is 0.357 e. The molecule has 1 heterocycles. The van der Waals surface area contributed by atoms with Gasteiger partial charge in [-0.25, -0.2) is 4.79 Å². The molecule has 0 amide bonds. The Kier molecular flexibility index (Phi) is 5.72. The molecule has 0 unspecified atom stereocenters. The van der Waals surface area contributed by atoms with E-state index >= 15 is 0 Å². The van der Waals surface area contributed by atoms with E-state index < -0.39 is 54.0 Å². The number of carboxylic acid groups (broad SMARTS) is 1. The van der Waals surface area contributed by atoms with Crippen molar-refractivity contribution in [3.8, 4) is 11.5 Å². The zero-order valence-corrected chi connectivity index (χ0v) is 20.6. The molecule has 3 N–H and O–H groups in total. The van der Waals surface area contributed by atoms with Gasteiger partial charge in [-0.15, -0.1) is 0 Å². The van der Waals surface area contributed by atoms with Crippen LogP contribution >= 0.6 is 0 Å². The number of esters is 2. The molecule has 0 aromatic heterocycles.